The Hall–Kier alpha value is -1.84. The average Bonchev–Trinajstić information content (AvgIpc) is 2.56. The minimum atomic E-state index is -0.388. The SMILES string of the molecule is CCCCCCCCc1cc(C(=O)OC)ccc1C(=O)OC. The van der Waals surface area contributed by atoms with Crippen molar-refractivity contribution >= 4 is 11.9 Å². The zero-order valence-corrected chi connectivity index (χ0v) is 13.8. The second-order valence-corrected chi connectivity index (χ2v) is 5.37. The Kier molecular flexibility index (Phi) is 8.26. The summed E-state index contributed by atoms with van der Waals surface area (Å²) in [5.74, 6) is -0.752. The summed E-state index contributed by atoms with van der Waals surface area (Å²) in [5, 5.41) is 0. The number of rotatable bonds is 9. The van der Waals surface area contributed by atoms with Crippen LogP contribution in [-0.4, -0.2) is 26.2 Å². The lowest BCUT2D eigenvalue weighted by Crippen LogP contribution is -2.09. The molecule has 0 saturated heterocycles. The standard InChI is InChI=1S/C18H26O4/c1-4-5-6-7-8-9-10-14-13-15(17(19)21-2)11-12-16(14)18(20)22-3/h11-13H,4-10H2,1-3H3. The van der Waals surface area contributed by atoms with Crippen molar-refractivity contribution in [1.82, 2.24) is 0 Å². The predicted molar refractivity (Wildman–Crippen MR) is 86.2 cm³/mol. The smallest absolute Gasteiger partial charge is 0.338 e. The van der Waals surface area contributed by atoms with Gasteiger partial charge in [0.05, 0.1) is 25.3 Å². The van der Waals surface area contributed by atoms with Crippen molar-refractivity contribution in [2.45, 2.75) is 51.9 Å². The van der Waals surface area contributed by atoms with E-state index in [2.05, 4.69) is 6.92 Å². The zero-order valence-electron chi connectivity index (χ0n) is 13.8. The maximum atomic E-state index is 11.8. The number of unbranched alkanes of at least 4 members (excludes halogenated alkanes) is 5. The maximum Gasteiger partial charge on any atom is 0.338 e. The molecule has 0 aliphatic rings. The minimum absolute atomic E-state index is 0.364. The van der Waals surface area contributed by atoms with Gasteiger partial charge in [-0.2, -0.15) is 0 Å². The number of benzene rings is 1. The molecule has 4 heteroatoms. The fourth-order valence-corrected chi connectivity index (χ4v) is 2.45. The summed E-state index contributed by atoms with van der Waals surface area (Å²) in [6, 6.07) is 4.98. The lowest BCUT2D eigenvalue weighted by Gasteiger charge is -2.10. The molecule has 1 aromatic carbocycles. The van der Waals surface area contributed by atoms with Gasteiger partial charge in [-0.3, -0.25) is 0 Å². The topological polar surface area (TPSA) is 52.6 Å². The van der Waals surface area contributed by atoms with Crippen molar-refractivity contribution in [1.29, 1.82) is 0 Å². The number of aryl methyl sites for hydroxylation is 1. The van der Waals surface area contributed by atoms with Crippen molar-refractivity contribution in [2.75, 3.05) is 14.2 Å². The highest BCUT2D eigenvalue weighted by molar-refractivity contribution is 5.94. The lowest BCUT2D eigenvalue weighted by atomic mass is 9.98. The van der Waals surface area contributed by atoms with E-state index in [9.17, 15) is 9.59 Å². The van der Waals surface area contributed by atoms with Crippen LogP contribution < -0.4 is 0 Å². The molecule has 0 aliphatic carbocycles. The molecule has 0 radical (unpaired) electrons. The molecule has 122 valence electrons. The number of methoxy groups -OCH3 is 2. The number of carbonyl (C=O) groups is 2. The Bertz CT molecular complexity index is 494. The zero-order chi connectivity index (χ0) is 16.4. The molecule has 0 spiro atoms. The first-order valence-electron chi connectivity index (χ1n) is 7.93. The molecule has 0 unspecified atom stereocenters. The quantitative estimate of drug-likeness (QED) is 0.508. The summed E-state index contributed by atoms with van der Waals surface area (Å²) in [6.45, 7) is 2.20. The van der Waals surface area contributed by atoms with Crippen molar-refractivity contribution in [3.8, 4) is 0 Å². The van der Waals surface area contributed by atoms with Gasteiger partial charge in [0.15, 0.2) is 0 Å². The highest BCUT2D eigenvalue weighted by atomic mass is 16.5. The van der Waals surface area contributed by atoms with Gasteiger partial charge >= 0.3 is 11.9 Å². The summed E-state index contributed by atoms with van der Waals surface area (Å²) in [5.41, 5.74) is 1.85. The van der Waals surface area contributed by atoms with Crippen LogP contribution in [0, 0.1) is 0 Å². The molecule has 1 aromatic rings. The molecule has 0 saturated carbocycles. The fraction of sp³-hybridized carbons (Fsp3) is 0.556. The van der Waals surface area contributed by atoms with E-state index in [-0.39, 0.29) is 11.9 Å². The van der Waals surface area contributed by atoms with Crippen LogP contribution in [0.25, 0.3) is 0 Å². The third kappa shape index (κ3) is 5.51. The summed E-state index contributed by atoms with van der Waals surface area (Å²) in [6.07, 6.45) is 7.85. The van der Waals surface area contributed by atoms with Gasteiger partial charge in [0.2, 0.25) is 0 Å². The second-order valence-electron chi connectivity index (χ2n) is 5.37. The van der Waals surface area contributed by atoms with Gasteiger partial charge in [-0.25, -0.2) is 9.59 Å². The summed E-state index contributed by atoms with van der Waals surface area (Å²) in [7, 11) is 2.72. The van der Waals surface area contributed by atoms with Crippen LogP contribution in [0.1, 0.15) is 71.7 Å². The first-order chi connectivity index (χ1) is 10.6. The predicted octanol–water partition coefficient (Wildman–Crippen LogP) is 4.16. The third-order valence-electron chi connectivity index (χ3n) is 3.73. The van der Waals surface area contributed by atoms with Crippen LogP contribution in [-0.2, 0) is 15.9 Å². The molecule has 1 rings (SSSR count). The van der Waals surface area contributed by atoms with Crippen molar-refractivity contribution in [2.24, 2.45) is 0 Å². The largest absolute Gasteiger partial charge is 0.465 e. The highest BCUT2D eigenvalue weighted by Gasteiger charge is 2.15. The maximum absolute atomic E-state index is 11.8. The molecular formula is C18H26O4. The molecule has 4 nitrogen and oxygen atoms in total. The molecule has 0 aromatic heterocycles. The van der Waals surface area contributed by atoms with Crippen LogP contribution in [0.15, 0.2) is 18.2 Å². The normalized spacial score (nSPS) is 10.3. The van der Waals surface area contributed by atoms with Crippen molar-refractivity contribution in [3.63, 3.8) is 0 Å². The molecule has 0 fully saturated rings. The van der Waals surface area contributed by atoms with E-state index in [1.807, 2.05) is 0 Å². The molecule has 0 aliphatic heterocycles. The van der Waals surface area contributed by atoms with Crippen molar-refractivity contribution < 1.29 is 19.1 Å². The number of hydrogen-bond donors (Lipinski definition) is 0. The van der Waals surface area contributed by atoms with Gasteiger partial charge in [-0.15, -0.1) is 0 Å². The monoisotopic (exact) mass is 306 g/mol. The summed E-state index contributed by atoms with van der Waals surface area (Å²) >= 11 is 0. The van der Waals surface area contributed by atoms with Crippen LogP contribution in [0.3, 0.4) is 0 Å². The van der Waals surface area contributed by atoms with Gasteiger partial charge in [-0.1, -0.05) is 39.0 Å². The van der Waals surface area contributed by atoms with E-state index < -0.39 is 0 Å². The third-order valence-corrected chi connectivity index (χ3v) is 3.73. The highest BCUT2D eigenvalue weighted by Crippen LogP contribution is 2.18. The number of carbonyl (C=O) groups excluding carboxylic acids is 2. The molecule has 0 N–H and O–H groups in total. The van der Waals surface area contributed by atoms with Gasteiger partial charge in [0, 0.05) is 0 Å². The van der Waals surface area contributed by atoms with E-state index in [0.717, 1.165) is 24.8 Å². The van der Waals surface area contributed by atoms with Gasteiger partial charge in [0.1, 0.15) is 0 Å². The molecule has 22 heavy (non-hydrogen) atoms. The van der Waals surface area contributed by atoms with Crippen LogP contribution in [0.2, 0.25) is 0 Å². The van der Waals surface area contributed by atoms with Crippen molar-refractivity contribution in [3.05, 3.63) is 34.9 Å². The van der Waals surface area contributed by atoms with Crippen LogP contribution >= 0.6 is 0 Å². The summed E-state index contributed by atoms with van der Waals surface area (Å²) in [4.78, 5) is 23.4. The lowest BCUT2D eigenvalue weighted by molar-refractivity contribution is 0.0585. The van der Waals surface area contributed by atoms with Crippen LogP contribution in [0.5, 0.6) is 0 Å². The number of ether oxygens (including phenoxy) is 2. The van der Waals surface area contributed by atoms with E-state index in [1.165, 1.54) is 39.9 Å². The fourth-order valence-electron chi connectivity index (χ4n) is 2.45. The Morgan fingerprint density at radius 1 is 0.909 bits per heavy atom. The Labute approximate surface area is 132 Å². The molecule has 0 atom stereocenters. The minimum Gasteiger partial charge on any atom is -0.465 e. The first kappa shape index (κ1) is 18.2. The first-order valence-corrected chi connectivity index (χ1v) is 7.93. The number of hydrogen-bond acceptors (Lipinski definition) is 4. The van der Waals surface area contributed by atoms with Crippen LogP contribution in [0.4, 0.5) is 0 Å². The molecule has 0 amide bonds. The van der Waals surface area contributed by atoms with E-state index in [1.54, 1.807) is 18.2 Å². The van der Waals surface area contributed by atoms with Gasteiger partial charge in [0.25, 0.3) is 0 Å². The second kappa shape index (κ2) is 9.98. The van der Waals surface area contributed by atoms with E-state index in [4.69, 9.17) is 9.47 Å². The molecular weight excluding hydrogens is 280 g/mol. The Morgan fingerprint density at radius 3 is 2.18 bits per heavy atom. The van der Waals surface area contributed by atoms with E-state index in [0.29, 0.717) is 11.1 Å². The van der Waals surface area contributed by atoms with Gasteiger partial charge in [-0.05, 0) is 36.6 Å². The van der Waals surface area contributed by atoms with E-state index >= 15 is 0 Å². The van der Waals surface area contributed by atoms with Gasteiger partial charge < -0.3 is 9.47 Å². The average molecular weight is 306 g/mol. The number of esters is 2. The molecule has 0 bridgehead atoms. The molecule has 0 heterocycles. The Balaban J connectivity index is 2.74. The Morgan fingerprint density at radius 2 is 1.55 bits per heavy atom. The summed E-state index contributed by atoms with van der Waals surface area (Å²) < 4.78 is 9.54.